The third-order valence-electron chi connectivity index (χ3n) is 2.56. The number of thiocarbonyl (C=S) groups is 1. The van der Waals surface area contributed by atoms with E-state index in [1.165, 1.54) is 4.88 Å². The van der Waals surface area contributed by atoms with Gasteiger partial charge in [0.2, 0.25) is 0 Å². The van der Waals surface area contributed by atoms with E-state index in [4.69, 9.17) is 41.2 Å². The van der Waals surface area contributed by atoms with Gasteiger partial charge in [0.1, 0.15) is 4.99 Å². The second-order valence-corrected chi connectivity index (χ2v) is 6.59. The number of hydrogen-bond donors (Lipinski definition) is 2. The average Bonchev–Trinajstić information content (AvgIpc) is 2.75. The van der Waals surface area contributed by atoms with Gasteiger partial charge in [-0.2, -0.15) is 0 Å². The van der Waals surface area contributed by atoms with Gasteiger partial charge >= 0.3 is 0 Å². The minimum Gasteiger partial charge on any atom is -0.389 e. The van der Waals surface area contributed by atoms with Gasteiger partial charge in [-0.1, -0.05) is 35.4 Å². The maximum atomic E-state index is 6.10. The molecule has 0 amide bonds. The van der Waals surface area contributed by atoms with Crippen molar-refractivity contribution in [3.8, 4) is 0 Å². The van der Waals surface area contributed by atoms with Crippen LogP contribution in [-0.2, 0) is 6.42 Å². The van der Waals surface area contributed by atoms with Crippen LogP contribution in [0.1, 0.15) is 10.4 Å². The molecular weight excluding hydrogens is 319 g/mol. The molecule has 0 aliphatic carbocycles. The second-order valence-electron chi connectivity index (χ2n) is 3.94. The van der Waals surface area contributed by atoms with Gasteiger partial charge in [-0.3, -0.25) is 0 Å². The molecule has 0 fully saturated rings. The lowest BCUT2D eigenvalue weighted by Gasteiger charge is -2.08. The Kier molecular flexibility index (Phi) is 5.05. The van der Waals surface area contributed by atoms with E-state index in [2.05, 4.69) is 5.32 Å². The minimum absolute atomic E-state index is 0.310. The van der Waals surface area contributed by atoms with Crippen LogP contribution in [0.2, 0.25) is 9.36 Å². The van der Waals surface area contributed by atoms with Crippen LogP contribution in [0.15, 0.2) is 30.3 Å². The van der Waals surface area contributed by atoms with Crippen molar-refractivity contribution in [2.45, 2.75) is 6.42 Å². The van der Waals surface area contributed by atoms with Crippen molar-refractivity contribution >= 4 is 57.4 Å². The number of nitrogens with two attached hydrogens (primary N) is 1. The molecule has 1 aromatic heterocycles. The van der Waals surface area contributed by atoms with E-state index in [-0.39, 0.29) is 0 Å². The van der Waals surface area contributed by atoms with Crippen LogP contribution >= 0.6 is 46.8 Å². The lowest BCUT2D eigenvalue weighted by atomic mass is 10.2. The molecule has 1 aromatic carbocycles. The van der Waals surface area contributed by atoms with Gasteiger partial charge in [0.05, 0.1) is 9.36 Å². The van der Waals surface area contributed by atoms with E-state index < -0.39 is 0 Å². The molecule has 0 radical (unpaired) electrons. The predicted molar refractivity (Wildman–Crippen MR) is 88.9 cm³/mol. The Morgan fingerprint density at radius 1 is 1.26 bits per heavy atom. The smallest absolute Gasteiger partial charge is 0.105 e. The first-order valence-corrected chi connectivity index (χ1v) is 7.62. The molecule has 0 atom stereocenters. The summed E-state index contributed by atoms with van der Waals surface area (Å²) in [5, 5.41) is 3.87. The number of halogens is 2. The number of nitrogens with one attached hydrogen (secondary N) is 1. The molecule has 0 saturated carbocycles. The SMILES string of the molecule is NC(=S)c1ccc(NCCc2ccc(Cl)s2)cc1Cl. The van der Waals surface area contributed by atoms with E-state index >= 15 is 0 Å². The Labute approximate surface area is 131 Å². The summed E-state index contributed by atoms with van der Waals surface area (Å²) in [6.07, 6.45) is 0.923. The summed E-state index contributed by atoms with van der Waals surface area (Å²) in [6.45, 7) is 0.819. The van der Waals surface area contributed by atoms with Crippen LogP contribution in [-0.4, -0.2) is 11.5 Å². The molecule has 3 N–H and O–H groups in total. The third kappa shape index (κ3) is 4.08. The highest BCUT2D eigenvalue weighted by atomic mass is 35.5. The van der Waals surface area contributed by atoms with Gasteiger partial charge < -0.3 is 11.1 Å². The Balaban J connectivity index is 1.93. The summed E-state index contributed by atoms with van der Waals surface area (Å²) in [4.78, 5) is 1.56. The molecule has 1 heterocycles. The van der Waals surface area contributed by atoms with Crippen molar-refractivity contribution in [2.75, 3.05) is 11.9 Å². The molecule has 100 valence electrons. The zero-order chi connectivity index (χ0) is 13.8. The number of hydrogen-bond acceptors (Lipinski definition) is 3. The van der Waals surface area contributed by atoms with Gasteiger partial charge in [0.25, 0.3) is 0 Å². The lowest BCUT2D eigenvalue weighted by Crippen LogP contribution is -2.10. The maximum absolute atomic E-state index is 6.10. The first-order valence-electron chi connectivity index (χ1n) is 5.63. The van der Waals surface area contributed by atoms with Crippen molar-refractivity contribution in [1.29, 1.82) is 0 Å². The fourth-order valence-electron chi connectivity index (χ4n) is 1.64. The molecule has 19 heavy (non-hydrogen) atoms. The predicted octanol–water partition coefficient (Wildman–Crippen LogP) is 4.34. The van der Waals surface area contributed by atoms with Crippen LogP contribution in [0.5, 0.6) is 0 Å². The summed E-state index contributed by atoms with van der Waals surface area (Å²) in [5.41, 5.74) is 7.21. The van der Waals surface area contributed by atoms with Gasteiger partial charge in [-0.25, -0.2) is 0 Å². The largest absolute Gasteiger partial charge is 0.389 e. The zero-order valence-corrected chi connectivity index (χ0v) is 13.1. The molecule has 0 spiro atoms. The molecule has 6 heteroatoms. The summed E-state index contributed by atoms with van der Waals surface area (Å²) < 4.78 is 0.818. The van der Waals surface area contributed by atoms with Crippen LogP contribution in [0.3, 0.4) is 0 Å². The van der Waals surface area contributed by atoms with Crippen LogP contribution < -0.4 is 11.1 Å². The van der Waals surface area contributed by atoms with Crippen molar-refractivity contribution in [3.63, 3.8) is 0 Å². The molecule has 2 nitrogen and oxygen atoms in total. The van der Waals surface area contributed by atoms with E-state index in [1.807, 2.05) is 30.3 Å². The third-order valence-corrected chi connectivity index (χ3v) is 4.39. The van der Waals surface area contributed by atoms with Crippen LogP contribution in [0, 0.1) is 0 Å². The number of rotatable bonds is 5. The van der Waals surface area contributed by atoms with E-state index in [1.54, 1.807) is 11.3 Å². The highest BCUT2D eigenvalue weighted by Gasteiger charge is 2.04. The van der Waals surface area contributed by atoms with Crippen LogP contribution in [0.25, 0.3) is 0 Å². The van der Waals surface area contributed by atoms with Crippen LogP contribution in [0.4, 0.5) is 5.69 Å². The molecule has 0 unspecified atom stereocenters. The molecule has 0 saturated heterocycles. The van der Waals surface area contributed by atoms with Gasteiger partial charge in [-0.15, -0.1) is 11.3 Å². The van der Waals surface area contributed by atoms with Gasteiger partial charge in [0.15, 0.2) is 0 Å². The van der Waals surface area contributed by atoms with Crippen molar-refractivity contribution in [2.24, 2.45) is 5.73 Å². The summed E-state index contributed by atoms with van der Waals surface area (Å²) in [5.74, 6) is 0. The molecule has 2 rings (SSSR count). The Morgan fingerprint density at radius 3 is 2.63 bits per heavy atom. The van der Waals surface area contributed by atoms with Gasteiger partial charge in [0, 0.05) is 22.7 Å². The normalized spacial score (nSPS) is 10.4. The van der Waals surface area contributed by atoms with Gasteiger partial charge in [-0.05, 0) is 36.8 Å². The van der Waals surface area contributed by atoms with Crippen molar-refractivity contribution in [1.82, 2.24) is 0 Å². The summed E-state index contributed by atoms with van der Waals surface area (Å²) in [6, 6.07) is 9.53. The number of anilines is 1. The Bertz CT molecular complexity index is 596. The molecule has 0 aliphatic heterocycles. The maximum Gasteiger partial charge on any atom is 0.105 e. The minimum atomic E-state index is 0.310. The molecule has 0 bridgehead atoms. The van der Waals surface area contributed by atoms with E-state index in [0.717, 1.165) is 23.0 Å². The van der Waals surface area contributed by atoms with E-state index in [0.29, 0.717) is 15.6 Å². The summed E-state index contributed by atoms with van der Waals surface area (Å²) in [7, 11) is 0. The number of thiophene rings is 1. The quantitative estimate of drug-likeness (QED) is 0.800. The Morgan fingerprint density at radius 2 is 2.05 bits per heavy atom. The second kappa shape index (κ2) is 6.57. The lowest BCUT2D eigenvalue weighted by molar-refractivity contribution is 1.04. The molecule has 0 aliphatic rings. The van der Waals surface area contributed by atoms with Crippen molar-refractivity contribution < 1.29 is 0 Å². The summed E-state index contributed by atoms with van der Waals surface area (Å²) >= 11 is 18.5. The fraction of sp³-hybridized carbons (Fsp3) is 0.154. The first kappa shape index (κ1) is 14.6. The Hall–Kier alpha value is -0.810. The average molecular weight is 331 g/mol. The monoisotopic (exact) mass is 330 g/mol. The first-order chi connectivity index (χ1) is 9.06. The van der Waals surface area contributed by atoms with Crippen molar-refractivity contribution in [3.05, 3.63) is 50.1 Å². The standard InChI is InChI=1S/C13H12Cl2N2S2/c14-11-7-8(1-3-10(11)13(16)18)17-6-5-9-2-4-12(15)19-9/h1-4,7,17H,5-6H2,(H2,16,18). The van der Waals surface area contributed by atoms with E-state index in [9.17, 15) is 0 Å². The highest BCUT2D eigenvalue weighted by molar-refractivity contribution is 7.80. The number of benzene rings is 1. The fourth-order valence-corrected chi connectivity index (χ4v) is 3.24. The molecule has 2 aromatic rings. The zero-order valence-electron chi connectivity index (χ0n) is 9.95. The highest BCUT2D eigenvalue weighted by Crippen LogP contribution is 2.23. The molecular formula is C13H12Cl2N2S2. The topological polar surface area (TPSA) is 38.0 Å².